The highest BCUT2D eigenvalue weighted by atomic mass is 16.4. The molecule has 3 atom stereocenters. The Morgan fingerprint density at radius 1 is 1.60 bits per heavy atom. The summed E-state index contributed by atoms with van der Waals surface area (Å²) in [5.41, 5.74) is 0. The molecule has 0 radical (unpaired) electrons. The monoisotopic (exact) mass is 214 g/mol. The average Bonchev–Trinajstić information content (AvgIpc) is 2.59. The molecule has 1 saturated heterocycles. The molecule has 4 nitrogen and oxygen atoms in total. The molecule has 1 aliphatic rings. The van der Waals surface area contributed by atoms with Gasteiger partial charge in [0.2, 0.25) is 0 Å². The Kier molecular flexibility index (Phi) is 4.54. The summed E-state index contributed by atoms with van der Waals surface area (Å²) in [5, 5.41) is 12.2. The number of carbonyl (C=O) groups is 1. The van der Waals surface area contributed by atoms with Crippen LogP contribution < -0.4 is 5.32 Å². The lowest BCUT2D eigenvalue weighted by Crippen LogP contribution is -2.43. The Morgan fingerprint density at radius 2 is 2.27 bits per heavy atom. The van der Waals surface area contributed by atoms with Gasteiger partial charge in [-0.15, -0.1) is 0 Å². The van der Waals surface area contributed by atoms with Crippen LogP contribution in [-0.2, 0) is 4.79 Å². The smallest absolute Gasteiger partial charge is 0.307 e. The van der Waals surface area contributed by atoms with E-state index in [2.05, 4.69) is 17.3 Å². The molecule has 15 heavy (non-hydrogen) atoms. The van der Waals surface area contributed by atoms with E-state index >= 15 is 0 Å². The number of likely N-dealkylation sites (N-methyl/N-ethyl adjacent to an activating group) is 1. The summed E-state index contributed by atoms with van der Waals surface area (Å²) < 4.78 is 0. The first kappa shape index (κ1) is 12.5. The summed E-state index contributed by atoms with van der Waals surface area (Å²) in [4.78, 5) is 13.1. The van der Waals surface area contributed by atoms with E-state index in [1.165, 1.54) is 12.8 Å². The van der Waals surface area contributed by atoms with Crippen LogP contribution in [0.2, 0.25) is 0 Å². The fourth-order valence-electron chi connectivity index (χ4n) is 1.95. The lowest BCUT2D eigenvalue weighted by molar-refractivity contribution is -0.141. The van der Waals surface area contributed by atoms with Gasteiger partial charge in [-0.25, -0.2) is 0 Å². The van der Waals surface area contributed by atoms with Gasteiger partial charge in [-0.05, 0) is 33.4 Å². The van der Waals surface area contributed by atoms with Crippen LogP contribution in [0.1, 0.15) is 26.7 Å². The molecule has 0 spiro atoms. The maximum absolute atomic E-state index is 10.8. The number of aliphatic carboxylic acids is 1. The summed E-state index contributed by atoms with van der Waals surface area (Å²) in [6.07, 6.45) is 2.48. The first-order valence-corrected chi connectivity index (χ1v) is 5.68. The molecular formula is C11H22N2O2. The van der Waals surface area contributed by atoms with Gasteiger partial charge in [-0.1, -0.05) is 6.92 Å². The first-order chi connectivity index (χ1) is 7.02. The highest BCUT2D eigenvalue weighted by molar-refractivity contribution is 5.70. The van der Waals surface area contributed by atoms with Crippen molar-refractivity contribution < 1.29 is 9.90 Å². The largest absolute Gasteiger partial charge is 0.481 e. The molecule has 0 aliphatic carbocycles. The quantitative estimate of drug-likeness (QED) is 0.710. The third-order valence-corrected chi connectivity index (χ3v) is 3.49. The van der Waals surface area contributed by atoms with Crippen molar-refractivity contribution >= 4 is 5.97 Å². The molecule has 3 unspecified atom stereocenters. The number of carboxylic acid groups (broad SMARTS) is 1. The molecule has 0 bridgehead atoms. The third-order valence-electron chi connectivity index (χ3n) is 3.49. The van der Waals surface area contributed by atoms with E-state index in [-0.39, 0.29) is 12.0 Å². The van der Waals surface area contributed by atoms with Crippen molar-refractivity contribution in [3.63, 3.8) is 0 Å². The van der Waals surface area contributed by atoms with Crippen molar-refractivity contribution in [2.75, 3.05) is 20.1 Å². The fraction of sp³-hybridized carbons (Fsp3) is 0.909. The second kappa shape index (κ2) is 5.47. The zero-order chi connectivity index (χ0) is 11.4. The molecule has 1 rings (SSSR count). The normalized spacial score (nSPS) is 26.5. The molecule has 1 aliphatic heterocycles. The van der Waals surface area contributed by atoms with Crippen molar-refractivity contribution in [1.82, 2.24) is 10.2 Å². The molecule has 1 fully saturated rings. The molecular weight excluding hydrogens is 192 g/mol. The van der Waals surface area contributed by atoms with Crippen LogP contribution in [0.25, 0.3) is 0 Å². The van der Waals surface area contributed by atoms with E-state index in [0.29, 0.717) is 6.04 Å². The van der Waals surface area contributed by atoms with Crippen LogP contribution >= 0.6 is 0 Å². The second-order valence-electron chi connectivity index (χ2n) is 4.60. The Hall–Kier alpha value is -0.610. The van der Waals surface area contributed by atoms with Gasteiger partial charge in [0.1, 0.15) is 0 Å². The van der Waals surface area contributed by atoms with Crippen LogP contribution in [-0.4, -0.2) is 48.2 Å². The molecule has 0 aromatic rings. The van der Waals surface area contributed by atoms with Gasteiger partial charge in [0.05, 0.1) is 5.92 Å². The van der Waals surface area contributed by atoms with E-state index in [0.717, 1.165) is 13.1 Å². The number of nitrogens with zero attached hydrogens (tertiary/aromatic N) is 1. The van der Waals surface area contributed by atoms with Crippen LogP contribution in [0.5, 0.6) is 0 Å². The van der Waals surface area contributed by atoms with E-state index in [4.69, 9.17) is 5.11 Å². The standard InChI is InChI=1S/C11H22N2O2/c1-8(11(14)15)9(2)12-7-10-5-4-6-13(10)3/h8-10,12H,4-7H2,1-3H3,(H,14,15). The Balaban J connectivity index is 2.27. The number of nitrogens with one attached hydrogen (secondary N) is 1. The summed E-state index contributed by atoms with van der Waals surface area (Å²) >= 11 is 0. The van der Waals surface area contributed by atoms with Gasteiger partial charge < -0.3 is 15.3 Å². The predicted molar refractivity (Wildman–Crippen MR) is 59.9 cm³/mol. The molecule has 0 amide bonds. The van der Waals surface area contributed by atoms with Crippen molar-refractivity contribution in [3.05, 3.63) is 0 Å². The predicted octanol–water partition coefficient (Wildman–Crippen LogP) is 0.779. The van der Waals surface area contributed by atoms with Crippen LogP contribution in [0.15, 0.2) is 0 Å². The number of hydrogen-bond acceptors (Lipinski definition) is 3. The minimum absolute atomic E-state index is 0.0384. The van der Waals surface area contributed by atoms with E-state index in [1.807, 2.05) is 6.92 Å². The Labute approximate surface area is 91.6 Å². The number of carboxylic acids is 1. The highest BCUT2D eigenvalue weighted by Crippen LogP contribution is 2.14. The molecule has 4 heteroatoms. The number of hydrogen-bond donors (Lipinski definition) is 2. The maximum Gasteiger partial charge on any atom is 0.307 e. The van der Waals surface area contributed by atoms with E-state index in [1.54, 1.807) is 6.92 Å². The lowest BCUT2D eigenvalue weighted by Gasteiger charge is -2.24. The number of likely N-dealkylation sites (tertiary alicyclic amines) is 1. The van der Waals surface area contributed by atoms with Crippen LogP contribution in [0.4, 0.5) is 0 Å². The summed E-state index contributed by atoms with van der Waals surface area (Å²) in [5.74, 6) is -1.05. The van der Waals surface area contributed by atoms with Crippen molar-refractivity contribution in [1.29, 1.82) is 0 Å². The second-order valence-corrected chi connectivity index (χ2v) is 4.60. The Morgan fingerprint density at radius 3 is 2.73 bits per heavy atom. The van der Waals surface area contributed by atoms with Crippen LogP contribution in [0, 0.1) is 5.92 Å². The van der Waals surface area contributed by atoms with E-state index < -0.39 is 5.97 Å². The molecule has 2 N–H and O–H groups in total. The summed E-state index contributed by atoms with van der Waals surface area (Å²) in [7, 11) is 2.13. The average molecular weight is 214 g/mol. The van der Waals surface area contributed by atoms with Crippen LogP contribution in [0.3, 0.4) is 0 Å². The maximum atomic E-state index is 10.8. The summed E-state index contributed by atoms with van der Waals surface area (Å²) in [6, 6.07) is 0.616. The molecule has 88 valence electrons. The van der Waals surface area contributed by atoms with Gasteiger partial charge in [-0.3, -0.25) is 4.79 Å². The zero-order valence-corrected chi connectivity index (χ0v) is 9.86. The van der Waals surface area contributed by atoms with E-state index in [9.17, 15) is 4.79 Å². The Bertz CT molecular complexity index is 221. The van der Waals surface area contributed by atoms with Gasteiger partial charge in [-0.2, -0.15) is 0 Å². The third kappa shape index (κ3) is 3.47. The van der Waals surface area contributed by atoms with Gasteiger partial charge in [0.25, 0.3) is 0 Å². The molecule has 0 saturated carbocycles. The zero-order valence-electron chi connectivity index (χ0n) is 9.86. The van der Waals surface area contributed by atoms with Crippen molar-refractivity contribution in [3.8, 4) is 0 Å². The minimum Gasteiger partial charge on any atom is -0.481 e. The molecule has 0 aromatic heterocycles. The highest BCUT2D eigenvalue weighted by Gasteiger charge is 2.23. The first-order valence-electron chi connectivity index (χ1n) is 5.68. The summed E-state index contributed by atoms with van der Waals surface area (Å²) in [6.45, 7) is 5.75. The SMILES string of the molecule is CC(NCC1CCCN1C)C(C)C(=O)O. The minimum atomic E-state index is -0.727. The molecule has 1 heterocycles. The topological polar surface area (TPSA) is 52.6 Å². The van der Waals surface area contributed by atoms with Gasteiger partial charge >= 0.3 is 5.97 Å². The molecule has 0 aromatic carbocycles. The van der Waals surface area contributed by atoms with Crippen molar-refractivity contribution in [2.45, 2.75) is 38.8 Å². The van der Waals surface area contributed by atoms with Gasteiger partial charge in [0, 0.05) is 18.6 Å². The number of rotatable bonds is 5. The lowest BCUT2D eigenvalue weighted by atomic mass is 10.0. The van der Waals surface area contributed by atoms with Gasteiger partial charge in [0.15, 0.2) is 0 Å². The fourth-order valence-corrected chi connectivity index (χ4v) is 1.95. The van der Waals surface area contributed by atoms with Crippen molar-refractivity contribution in [2.24, 2.45) is 5.92 Å².